The number of methoxy groups -OCH3 is 1. The Balaban J connectivity index is 2.50. The SMILES string of the molecule is COc1ccc(-c2ocnc2C(=O)O)cc1C. The van der Waals surface area contributed by atoms with Gasteiger partial charge in [-0.3, -0.25) is 0 Å². The first-order valence-corrected chi connectivity index (χ1v) is 4.95. The lowest BCUT2D eigenvalue weighted by atomic mass is 10.1. The summed E-state index contributed by atoms with van der Waals surface area (Å²) in [5.74, 6) is -0.115. The van der Waals surface area contributed by atoms with Crippen LogP contribution < -0.4 is 4.74 Å². The Labute approximate surface area is 97.7 Å². The number of aromatic nitrogens is 1. The minimum absolute atomic E-state index is 0.0884. The lowest BCUT2D eigenvalue weighted by Crippen LogP contribution is -1.98. The van der Waals surface area contributed by atoms with Gasteiger partial charge < -0.3 is 14.3 Å². The first-order chi connectivity index (χ1) is 8.13. The molecule has 1 aromatic carbocycles. The predicted octanol–water partition coefficient (Wildman–Crippen LogP) is 2.36. The zero-order chi connectivity index (χ0) is 12.4. The Morgan fingerprint density at radius 3 is 2.82 bits per heavy atom. The highest BCUT2D eigenvalue weighted by Crippen LogP contribution is 2.28. The number of hydrogen-bond acceptors (Lipinski definition) is 4. The van der Waals surface area contributed by atoms with E-state index in [0.717, 1.165) is 17.7 Å². The molecule has 0 fully saturated rings. The van der Waals surface area contributed by atoms with E-state index in [1.807, 2.05) is 6.92 Å². The molecule has 0 saturated heterocycles. The van der Waals surface area contributed by atoms with Crippen LogP contribution in [0.5, 0.6) is 5.75 Å². The Bertz CT molecular complexity index is 559. The van der Waals surface area contributed by atoms with Crippen LogP contribution in [0.15, 0.2) is 29.0 Å². The summed E-state index contributed by atoms with van der Waals surface area (Å²) in [6.45, 7) is 1.87. The number of ether oxygens (including phenoxy) is 1. The molecule has 0 spiro atoms. The molecule has 1 N–H and O–H groups in total. The highest BCUT2D eigenvalue weighted by Gasteiger charge is 2.17. The number of aryl methyl sites for hydroxylation is 1. The lowest BCUT2D eigenvalue weighted by molar-refractivity contribution is 0.0691. The van der Waals surface area contributed by atoms with Crippen LogP contribution in [0.1, 0.15) is 16.1 Å². The summed E-state index contributed by atoms with van der Waals surface area (Å²) in [6.07, 6.45) is 1.12. The van der Waals surface area contributed by atoms with Crippen molar-refractivity contribution in [3.63, 3.8) is 0 Å². The van der Waals surface area contributed by atoms with Gasteiger partial charge in [0.25, 0.3) is 0 Å². The van der Waals surface area contributed by atoms with Gasteiger partial charge in [-0.05, 0) is 30.7 Å². The van der Waals surface area contributed by atoms with Gasteiger partial charge in [-0.1, -0.05) is 0 Å². The first-order valence-electron chi connectivity index (χ1n) is 4.95. The van der Waals surface area contributed by atoms with Crippen molar-refractivity contribution in [1.82, 2.24) is 4.98 Å². The number of carboxylic acid groups (broad SMARTS) is 1. The topological polar surface area (TPSA) is 72.6 Å². The van der Waals surface area contributed by atoms with E-state index in [1.165, 1.54) is 0 Å². The molecule has 0 saturated carbocycles. The first kappa shape index (κ1) is 11.2. The van der Waals surface area contributed by atoms with Crippen molar-refractivity contribution in [3.05, 3.63) is 35.9 Å². The van der Waals surface area contributed by atoms with Gasteiger partial charge in [0.15, 0.2) is 17.8 Å². The second-order valence-electron chi connectivity index (χ2n) is 3.52. The quantitative estimate of drug-likeness (QED) is 0.880. The van der Waals surface area contributed by atoms with E-state index in [0.29, 0.717) is 5.56 Å². The van der Waals surface area contributed by atoms with Crippen LogP contribution in [0.3, 0.4) is 0 Å². The number of carboxylic acids is 1. The molecule has 2 rings (SSSR count). The summed E-state index contributed by atoms with van der Waals surface area (Å²) >= 11 is 0. The average Bonchev–Trinajstić information content (AvgIpc) is 2.77. The third-order valence-corrected chi connectivity index (χ3v) is 2.43. The minimum Gasteiger partial charge on any atom is -0.496 e. The molecule has 0 radical (unpaired) electrons. The molecule has 1 heterocycles. The van der Waals surface area contributed by atoms with E-state index in [2.05, 4.69) is 4.98 Å². The van der Waals surface area contributed by atoms with Crippen LogP contribution >= 0.6 is 0 Å². The predicted molar refractivity (Wildman–Crippen MR) is 60.2 cm³/mol. The van der Waals surface area contributed by atoms with Crippen LogP contribution in [0, 0.1) is 6.92 Å². The smallest absolute Gasteiger partial charge is 0.358 e. The van der Waals surface area contributed by atoms with Crippen molar-refractivity contribution in [2.75, 3.05) is 7.11 Å². The second kappa shape index (κ2) is 4.29. The molecule has 0 bridgehead atoms. The van der Waals surface area contributed by atoms with E-state index >= 15 is 0 Å². The van der Waals surface area contributed by atoms with Crippen molar-refractivity contribution in [3.8, 4) is 17.1 Å². The Kier molecular flexibility index (Phi) is 2.82. The highest BCUT2D eigenvalue weighted by atomic mass is 16.5. The summed E-state index contributed by atoms with van der Waals surface area (Å²) in [4.78, 5) is 14.6. The van der Waals surface area contributed by atoms with Gasteiger partial charge in [-0.25, -0.2) is 9.78 Å². The maximum absolute atomic E-state index is 10.9. The van der Waals surface area contributed by atoms with Crippen molar-refractivity contribution in [2.24, 2.45) is 0 Å². The molecular weight excluding hydrogens is 222 g/mol. The van der Waals surface area contributed by atoms with Crippen molar-refractivity contribution in [2.45, 2.75) is 6.92 Å². The fraction of sp³-hybridized carbons (Fsp3) is 0.167. The molecule has 5 heteroatoms. The number of aromatic carboxylic acids is 1. The third-order valence-electron chi connectivity index (χ3n) is 2.43. The Hall–Kier alpha value is -2.30. The third kappa shape index (κ3) is 1.99. The molecular formula is C12H11NO4. The number of nitrogens with zero attached hydrogens (tertiary/aromatic N) is 1. The van der Waals surface area contributed by atoms with E-state index in [9.17, 15) is 4.79 Å². The maximum Gasteiger partial charge on any atom is 0.358 e. The molecule has 0 atom stereocenters. The largest absolute Gasteiger partial charge is 0.496 e. The van der Waals surface area contributed by atoms with Crippen LogP contribution in [-0.4, -0.2) is 23.2 Å². The van der Waals surface area contributed by atoms with Gasteiger partial charge >= 0.3 is 5.97 Å². The number of oxazole rings is 1. The highest BCUT2D eigenvalue weighted by molar-refractivity contribution is 5.92. The van der Waals surface area contributed by atoms with Crippen molar-refractivity contribution in [1.29, 1.82) is 0 Å². The van der Waals surface area contributed by atoms with Crippen LogP contribution in [0.2, 0.25) is 0 Å². The Morgan fingerprint density at radius 2 is 2.24 bits per heavy atom. The summed E-state index contributed by atoms with van der Waals surface area (Å²) in [5, 5.41) is 8.94. The summed E-state index contributed by atoms with van der Waals surface area (Å²) in [6, 6.07) is 5.30. The van der Waals surface area contributed by atoms with Gasteiger partial charge in [0.1, 0.15) is 5.75 Å². The van der Waals surface area contributed by atoms with E-state index in [4.69, 9.17) is 14.3 Å². The van der Waals surface area contributed by atoms with Gasteiger partial charge in [-0.2, -0.15) is 0 Å². The van der Waals surface area contributed by atoms with Gasteiger partial charge in [0.05, 0.1) is 7.11 Å². The van der Waals surface area contributed by atoms with E-state index < -0.39 is 5.97 Å². The molecule has 0 amide bonds. The number of rotatable bonds is 3. The fourth-order valence-electron chi connectivity index (χ4n) is 1.62. The normalized spacial score (nSPS) is 10.2. The van der Waals surface area contributed by atoms with Gasteiger partial charge in [0.2, 0.25) is 0 Å². The Morgan fingerprint density at radius 1 is 1.47 bits per heavy atom. The minimum atomic E-state index is -1.11. The molecule has 1 aromatic heterocycles. The zero-order valence-electron chi connectivity index (χ0n) is 9.43. The lowest BCUT2D eigenvalue weighted by Gasteiger charge is -2.05. The number of carbonyl (C=O) groups is 1. The maximum atomic E-state index is 10.9. The summed E-state index contributed by atoms with van der Waals surface area (Å²) in [7, 11) is 1.58. The molecule has 17 heavy (non-hydrogen) atoms. The molecule has 0 unspecified atom stereocenters. The molecule has 2 aromatic rings. The number of benzene rings is 1. The van der Waals surface area contributed by atoms with Crippen molar-refractivity contribution >= 4 is 5.97 Å². The monoisotopic (exact) mass is 233 g/mol. The molecule has 5 nitrogen and oxygen atoms in total. The number of hydrogen-bond donors (Lipinski definition) is 1. The molecule has 0 aliphatic heterocycles. The van der Waals surface area contributed by atoms with Gasteiger partial charge in [-0.15, -0.1) is 0 Å². The van der Waals surface area contributed by atoms with Crippen LogP contribution in [-0.2, 0) is 0 Å². The summed E-state index contributed by atoms with van der Waals surface area (Å²) in [5.41, 5.74) is 1.48. The van der Waals surface area contributed by atoms with Crippen molar-refractivity contribution < 1.29 is 19.1 Å². The second-order valence-corrected chi connectivity index (χ2v) is 3.52. The van der Waals surface area contributed by atoms with Crippen LogP contribution in [0.4, 0.5) is 0 Å². The van der Waals surface area contributed by atoms with Crippen LogP contribution in [0.25, 0.3) is 11.3 Å². The molecule has 0 aliphatic carbocycles. The summed E-state index contributed by atoms with van der Waals surface area (Å²) < 4.78 is 10.2. The average molecular weight is 233 g/mol. The fourth-order valence-corrected chi connectivity index (χ4v) is 1.62. The standard InChI is InChI=1S/C12H11NO4/c1-7-5-8(3-4-9(7)16-2)11-10(12(14)15)13-6-17-11/h3-6H,1-2H3,(H,14,15). The van der Waals surface area contributed by atoms with E-state index in [1.54, 1.807) is 25.3 Å². The molecule has 88 valence electrons. The van der Waals surface area contributed by atoms with E-state index in [-0.39, 0.29) is 11.5 Å². The zero-order valence-corrected chi connectivity index (χ0v) is 9.43. The molecule has 0 aliphatic rings. The van der Waals surface area contributed by atoms with Gasteiger partial charge in [0, 0.05) is 5.56 Å².